The zero-order chi connectivity index (χ0) is 12.2. The SMILES string of the molecule is C#CC(C)(C)Nc1ccccc1C(=O)OC. The predicted octanol–water partition coefficient (Wildman–Crippen LogP) is 2.30. The van der Waals surface area contributed by atoms with Gasteiger partial charge in [0.05, 0.1) is 18.2 Å². The van der Waals surface area contributed by atoms with Crippen LogP contribution in [0.3, 0.4) is 0 Å². The van der Waals surface area contributed by atoms with Crippen LogP contribution in [0.25, 0.3) is 0 Å². The number of hydrogen-bond acceptors (Lipinski definition) is 3. The average molecular weight is 217 g/mol. The molecular formula is C13H15NO2. The summed E-state index contributed by atoms with van der Waals surface area (Å²) < 4.78 is 4.69. The van der Waals surface area contributed by atoms with Gasteiger partial charge in [-0.1, -0.05) is 18.1 Å². The Morgan fingerprint density at radius 1 is 1.44 bits per heavy atom. The lowest BCUT2D eigenvalue weighted by molar-refractivity contribution is 0.0602. The first-order valence-electron chi connectivity index (χ1n) is 4.93. The van der Waals surface area contributed by atoms with Crippen LogP contribution in [0.2, 0.25) is 0 Å². The Bertz CT molecular complexity index is 430. The average Bonchev–Trinajstić information content (AvgIpc) is 2.28. The standard InChI is InChI=1S/C13H15NO2/c1-5-13(2,3)14-11-9-7-6-8-10(11)12(15)16-4/h1,6-9,14H,2-4H3. The van der Waals surface area contributed by atoms with Crippen LogP contribution in [0, 0.1) is 12.3 Å². The summed E-state index contributed by atoms with van der Waals surface area (Å²) >= 11 is 0. The molecule has 0 saturated carbocycles. The van der Waals surface area contributed by atoms with Gasteiger partial charge in [-0.3, -0.25) is 0 Å². The maximum absolute atomic E-state index is 11.5. The highest BCUT2D eigenvalue weighted by Crippen LogP contribution is 2.20. The first-order valence-corrected chi connectivity index (χ1v) is 4.93. The van der Waals surface area contributed by atoms with Gasteiger partial charge in [0.15, 0.2) is 0 Å². The molecule has 0 aromatic heterocycles. The minimum atomic E-state index is -0.510. The van der Waals surface area contributed by atoms with Crippen LogP contribution in [-0.2, 0) is 4.74 Å². The second-order valence-corrected chi connectivity index (χ2v) is 3.93. The lowest BCUT2D eigenvalue weighted by Crippen LogP contribution is -2.29. The zero-order valence-corrected chi connectivity index (χ0v) is 9.70. The molecule has 0 aliphatic rings. The summed E-state index contributed by atoms with van der Waals surface area (Å²) in [6, 6.07) is 7.10. The number of methoxy groups -OCH3 is 1. The van der Waals surface area contributed by atoms with E-state index < -0.39 is 5.54 Å². The fraction of sp³-hybridized carbons (Fsp3) is 0.308. The molecule has 0 atom stereocenters. The predicted molar refractivity (Wildman–Crippen MR) is 64.3 cm³/mol. The maximum atomic E-state index is 11.5. The summed E-state index contributed by atoms with van der Waals surface area (Å²) in [7, 11) is 1.35. The molecule has 1 aromatic rings. The quantitative estimate of drug-likeness (QED) is 0.623. The van der Waals surface area contributed by atoms with E-state index in [4.69, 9.17) is 11.2 Å². The number of para-hydroxylation sites is 1. The molecule has 0 aliphatic carbocycles. The molecule has 1 aromatic carbocycles. The molecule has 0 saturated heterocycles. The minimum absolute atomic E-state index is 0.379. The molecule has 0 heterocycles. The van der Waals surface area contributed by atoms with Crippen molar-refractivity contribution in [2.45, 2.75) is 19.4 Å². The largest absolute Gasteiger partial charge is 0.465 e. The van der Waals surface area contributed by atoms with Gasteiger partial charge in [-0.15, -0.1) is 6.42 Å². The second-order valence-electron chi connectivity index (χ2n) is 3.93. The van der Waals surface area contributed by atoms with E-state index in [1.54, 1.807) is 18.2 Å². The highest BCUT2D eigenvalue weighted by molar-refractivity contribution is 5.95. The molecule has 0 fully saturated rings. The molecule has 1 rings (SSSR count). The molecule has 3 heteroatoms. The lowest BCUT2D eigenvalue weighted by Gasteiger charge is -2.22. The summed E-state index contributed by atoms with van der Waals surface area (Å²) in [5, 5.41) is 3.11. The highest BCUT2D eigenvalue weighted by atomic mass is 16.5. The van der Waals surface area contributed by atoms with Gasteiger partial charge in [-0.05, 0) is 26.0 Å². The highest BCUT2D eigenvalue weighted by Gasteiger charge is 2.17. The van der Waals surface area contributed by atoms with Crippen molar-refractivity contribution in [1.82, 2.24) is 0 Å². The number of benzene rings is 1. The summed E-state index contributed by atoms with van der Waals surface area (Å²) in [4.78, 5) is 11.5. The number of rotatable bonds is 3. The van der Waals surface area contributed by atoms with E-state index in [1.807, 2.05) is 19.9 Å². The van der Waals surface area contributed by atoms with Crippen LogP contribution in [0.4, 0.5) is 5.69 Å². The fourth-order valence-electron chi connectivity index (χ4n) is 1.25. The molecule has 1 N–H and O–H groups in total. The second kappa shape index (κ2) is 4.71. The Morgan fingerprint density at radius 3 is 2.62 bits per heavy atom. The maximum Gasteiger partial charge on any atom is 0.339 e. The smallest absolute Gasteiger partial charge is 0.339 e. The number of carbonyl (C=O) groups is 1. The van der Waals surface area contributed by atoms with Gasteiger partial charge in [0.1, 0.15) is 0 Å². The number of nitrogens with one attached hydrogen (secondary N) is 1. The number of carbonyl (C=O) groups excluding carboxylic acids is 1. The van der Waals surface area contributed by atoms with E-state index in [-0.39, 0.29) is 5.97 Å². The normalized spacial score (nSPS) is 10.4. The Kier molecular flexibility index (Phi) is 3.57. The first kappa shape index (κ1) is 12.1. The molecule has 0 bridgehead atoms. The summed E-state index contributed by atoms with van der Waals surface area (Å²) in [6.45, 7) is 3.72. The van der Waals surface area contributed by atoms with E-state index in [9.17, 15) is 4.79 Å². The third-order valence-corrected chi connectivity index (χ3v) is 2.14. The summed E-state index contributed by atoms with van der Waals surface area (Å²) in [5.74, 6) is 2.23. The van der Waals surface area contributed by atoms with Gasteiger partial charge in [-0.2, -0.15) is 0 Å². The minimum Gasteiger partial charge on any atom is -0.465 e. The molecule has 84 valence electrons. The summed E-state index contributed by atoms with van der Waals surface area (Å²) in [6.07, 6.45) is 5.38. The topological polar surface area (TPSA) is 38.3 Å². The number of ether oxygens (including phenoxy) is 1. The number of anilines is 1. The van der Waals surface area contributed by atoms with E-state index in [1.165, 1.54) is 7.11 Å². The van der Waals surface area contributed by atoms with E-state index in [0.717, 1.165) is 0 Å². The van der Waals surface area contributed by atoms with Gasteiger partial charge in [-0.25, -0.2) is 4.79 Å². The zero-order valence-electron chi connectivity index (χ0n) is 9.70. The van der Waals surface area contributed by atoms with Gasteiger partial charge in [0.25, 0.3) is 0 Å². The van der Waals surface area contributed by atoms with Crippen molar-refractivity contribution >= 4 is 11.7 Å². The number of hydrogen-bond donors (Lipinski definition) is 1. The van der Waals surface area contributed by atoms with Gasteiger partial charge in [0.2, 0.25) is 0 Å². The van der Waals surface area contributed by atoms with Crippen molar-refractivity contribution in [3.63, 3.8) is 0 Å². The van der Waals surface area contributed by atoms with Gasteiger partial charge < -0.3 is 10.1 Å². The van der Waals surface area contributed by atoms with Crippen LogP contribution in [0.15, 0.2) is 24.3 Å². The van der Waals surface area contributed by atoms with Crippen molar-refractivity contribution < 1.29 is 9.53 Å². The van der Waals surface area contributed by atoms with Crippen molar-refractivity contribution in [3.05, 3.63) is 29.8 Å². The molecule has 16 heavy (non-hydrogen) atoms. The Morgan fingerprint density at radius 2 is 2.06 bits per heavy atom. The molecule has 0 spiro atoms. The monoisotopic (exact) mass is 217 g/mol. The fourth-order valence-corrected chi connectivity index (χ4v) is 1.25. The molecule has 0 unspecified atom stereocenters. The van der Waals surface area contributed by atoms with Crippen molar-refractivity contribution in [3.8, 4) is 12.3 Å². The van der Waals surface area contributed by atoms with Crippen molar-refractivity contribution in [1.29, 1.82) is 0 Å². The van der Waals surface area contributed by atoms with E-state index in [2.05, 4.69) is 11.2 Å². The Balaban J connectivity index is 3.06. The van der Waals surface area contributed by atoms with Crippen LogP contribution in [-0.4, -0.2) is 18.6 Å². The molecule has 0 aliphatic heterocycles. The number of terminal acetylenes is 1. The van der Waals surface area contributed by atoms with Crippen LogP contribution in [0.5, 0.6) is 0 Å². The van der Waals surface area contributed by atoms with Crippen molar-refractivity contribution in [2.24, 2.45) is 0 Å². The van der Waals surface area contributed by atoms with Crippen molar-refractivity contribution in [2.75, 3.05) is 12.4 Å². The molecule has 3 nitrogen and oxygen atoms in total. The van der Waals surface area contributed by atoms with Gasteiger partial charge >= 0.3 is 5.97 Å². The summed E-state index contributed by atoms with van der Waals surface area (Å²) in [5.41, 5.74) is 0.648. The Hall–Kier alpha value is -1.95. The Labute approximate surface area is 95.8 Å². The lowest BCUT2D eigenvalue weighted by atomic mass is 10.0. The van der Waals surface area contributed by atoms with Gasteiger partial charge in [0, 0.05) is 5.69 Å². The molecule has 0 radical (unpaired) electrons. The third kappa shape index (κ3) is 2.77. The number of esters is 1. The van der Waals surface area contributed by atoms with Crippen LogP contribution in [0.1, 0.15) is 24.2 Å². The van der Waals surface area contributed by atoms with Crippen LogP contribution >= 0.6 is 0 Å². The van der Waals surface area contributed by atoms with Crippen LogP contribution < -0.4 is 5.32 Å². The third-order valence-electron chi connectivity index (χ3n) is 2.14. The molecular weight excluding hydrogens is 202 g/mol. The van der Waals surface area contributed by atoms with E-state index in [0.29, 0.717) is 11.3 Å². The van der Waals surface area contributed by atoms with E-state index >= 15 is 0 Å². The molecule has 0 amide bonds. The first-order chi connectivity index (χ1) is 7.50.